The van der Waals surface area contributed by atoms with Crippen LogP contribution in [0.3, 0.4) is 0 Å². The highest BCUT2D eigenvalue weighted by molar-refractivity contribution is 7.94. The summed E-state index contributed by atoms with van der Waals surface area (Å²) in [5, 5.41) is 4.01. The lowest BCUT2D eigenvalue weighted by Gasteiger charge is -2.72. The van der Waals surface area contributed by atoms with E-state index in [0.29, 0.717) is 18.2 Å². The molecule has 10 rings (SSSR count). The second kappa shape index (κ2) is 17.5. The molecule has 4 N–H and O–H groups in total. The molecule has 2 amide bonds. The normalized spacial score (nSPS) is 28.3. The zero-order valence-corrected chi connectivity index (χ0v) is 39.6. The van der Waals surface area contributed by atoms with Gasteiger partial charge in [0.15, 0.2) is 9.84 Å². The molecule has 2 aromatic rings. The van der Waals surface area contributed by atoms with Gasteiger partial charge in [0.25, 0.3) is 23.7 Å². The summed E-state index contributed by atoms with van der Waals surface area (Å²) in [5.74, 6) is -10.1. The number of hydrogen-bond donors (Lipinski definition) is 4. The average molecular weight is 1090 g/mol. The Morgan fingerprint density at radius 3 is 1.54 bits per heavy atom. The van der Waals surface area contributed by atoms with Crippen molar-refractivity contribution in [1.82, 2.24) is 14.9 Å². The minimum atomic E-state index is -5.09. The van der Waals surface area contributed by atoms with E-state index in [4.69, 9.17) is 0 Å². The predicted molar refractivity (Wildman–Crippen MR) is 232 cm³/mol. The van der Waals surface area contributed by atoms with Crippen molar-refractivity contribution in [2.75, 3.05) is 45.5 Å². The molecule has 0 aromatic heterocycles. The van der Waals surface area contributed by atoms with Crippen molar-refractivity contribution in [3.8, 4) is 5.75 Å². The van der Waals surface area contributed by atoms with Gasteiger partial charge < -0.3 is 15.4 Å². The van der Waals surface area contributed by atoms with Crippen LogP contribution in [-0.2, 0) is 46.1 Å². The van der Waals surface area contributed by atoms with Crippen LogP contribution in [0.1, 0.15) is 98.9 Å². The van der Waals surface area contributed by atoms with Crippen molar-refractivity contribution in [2.24, 2.45) is 10.8 Å². The van der Waals surface area contributed by atoms with Crippen LogP contribution in [-0.4, -0.2) is 120 Å². The van der Waals surface area contributed by atoms with E-state index in [1.54, 1.807) is 0 Å². The SMILES string of the molecule is C.CC(F)(F)C12CC(NC(=O)c3cc(C(F)(F)F)ccc3NS(=O)(=O)C3CCS(=O)(=O)CC3)(C1)C2.CC(F)(F)C12CC(NC(=O)c3ccc(OC(F)(F)F)cc3NS(=O)(=O)N3CCS(=O)(=O)CC3)(C1)C2. The Kier molecular flexibility index (Phi) is 13.8. The highest BCUT2D eigenvalue weighted by Gasteiger charge is 2.77. The number of hydrogen-bond acceptors (Lipinski definition) is 11. The maximum absolute atomic E-state index is 13.7. The molecule has 8 fully saturated rings. The molecule has 8 aliphatic rings. The number of carbonyl (C=O) groups is 2. The van der Waals surface area contributed by atoms with Gasteiger partial charge in [0.1, 0.15) is 15.6 Å². The van der Waals surface area contributed by atoms with E-state index >= 15 is 0 Å². The van der Waals surface area contributed by atoms with E-state index in [1.807, 2.05) is 4.72 Å². The molecule has 394 valence electrons. The standard InChI is InChI=1S/C20H23F5N2O5S2.C19H22F5N3O6S2.CH4/c1-17(21,22)18-9-19(10-18,11-18)26-16(28)14-8-12(20(23,24)25)2-3-15(14)27-34(31,32)13-4-6-33(29,30)7-5-13;1-16(20,21)17-9-18(10-17,11-17)25-15(28)13-3-2-12(33-19(22,23)24)8-14(13)26-35(31,32)27-4-6-34(29,30)7-5-27;/h2-3,8,13,27H,4-7,9-11H2,1H3,(H,26,28);2-3,8,26H,4-7,9-11H2,1H3,(H,25,28);1H4. The van der Waals surface area contributed by atoms with Crippen LogP contribution in [0.2, 0.25) is 0 Å². The summed E-state index contributed by atoms with van der Waals surface area (Å²) >= 11 is 0. The maximum atomic E-state index is 13.7. The molecule has 0 spiro atoms. The topological polar surface area (TPSA) is 231 Å². The van der Waals surface area contributed by atoms with E-state index in [0.717, 1.165) is 36.4 Å². The van der Waals surface area contributed by atoms with Crippen LogP contribution >= 0.6 is 0 Å². The van der Waals surface area contributed by atoms with Crippen LogP contribution in [0.25, 0.3) is 0 Å². The van der Waals surface area contributed by atoms with E-state index in [-0.39, 0.29) is 89.0 Å². The molecule has 0 unspecified atom stereocenters. The summed E-state index contributed by atoms with van der Waals surface area (Å²) in [6.45, 7) is 0.826. The number of benzene rings is 2. The van der Waals surface area contributed by atoms with Gasteiger partial charge in [0.2, 0.25) is 10.0 Å². The first-order chi connectivity index (χ1) is 31.2. The summed E-state index contributed by atoms with van der Waals surface area (Å²) in [6, 6.07) is 4.35. The van der Waals surface area contributed by atoms with E-state index < -0.39 is 143 Å². The molecule has 30 heteroatoms. The minimum Gasteiger partial charge on any atom is -0.406 e. The van der Waals surface area contributed by atoms with Crippen LogP contribution in [0.4, 0.5) is 55.3 Å². The predicted octanol–water partition coefficient (Wildman–Crippen LogP) is 6.25. The van der Waals surface area contributed by atoms with Gasteiger partial charge >= 0.3 is 22.7 Å². The molecule has 6 aliphatic carbocycles. The Morgan fingerprint density at radius 1 is 0.643 bits per heavy atom. The van der Waals surface area contributed by atoms with Gasteiger partial charge in [-0.1, -0.05) is 7.43 Å². The number of amides is 2. The largest absolute Gasteiger partial charge is 0.573 e. The third-order valence-corrected chi connectivity index (χ3v) is 20.5. The summed E-state index contributed by atoms with van der Waals surface area (Å²) in [7, 11) is -15.5. The first kappa shape index (κ1) is 55.2. The van der Waals surface area contributed by atoms with Gasteiger partial charge in [-0.2, -0.15) is 25.9 Å². The fraction of sp³-hybridized carbons (Fsp3) is 0.650. The second-order valence-electron chi connectivity index (χ2n) is 19.0. The number of sulfonamides is 1. The number of halogens is 10. The van der Waals surface area contributed by atoms with Gasteiger partial charge in [-0.3, -0.25) is 19.0 Å². The average Bonchev–Trinajstić information content (AvgIpc) is 3.11. The van der Waals surface area contributed by atoms with Crippen molar-refractivity contribution in [2.45, 2.75) is 113 Å². The summed E-state index contributed by atoms with van der Waals surface area (Å²) in [6.07, 6.45) is -10.3. The molecule has 2 heterocycles. The fourth-order valence-electron chi connectivity index (χ4n) is 9.94. The Balaban J connectivity index is 0.000000226. The molecular weight excluding hydrogens is 1040 g/mol. The molecule has 16 nitrogen and oxygen atoms in total. The van der Waals surface area contributed by atoms with Crippen molar-refractivity contribution in [3.63, 3.8) is 0 Å². The van der Waals surface area contributed by atoms with E-state index in [9.17, 15) is 87.2 Å². The number of anilines is 2. The number of nitrogens with one attached hydrogen (secondary N) is 4. The smallest absolute Gasteiger partial charge is 0.406 e. The van der Waals surface area contributed by atoms with Crippen LogP contribution < -0.4 is 24.8 Å². The third-order valence-electron chi connectivity index (χ3n) is 13.8. The minimum absolute atomic E-state index is 0. The molecule has 70 heavy (non-hydrogen) atoms. The number of alkyl halides is 10. The first-order valence-corrected chi connectivity index (χ1v) is 27.6. The van der Waals surface area contributed by atoms with Crippen molar-refractivity contribution in [3.05, 3.63) is 53.1 Å². The lowest BCUT2D eigenvalue weighted by Crippen LogP contribution is -2.79. The monoisotopic (exact) mass is 1090 g/mol. The second-order valence-corrected chi connectivity index (χ2v) is 27.3. The van der Waals surface area contributed by atoms with Crippen LogP contribution in [0.5, 0.6) is 5.75 Å². The zero-order valence-electron chi connectivity index (χ0n) is 36.3. The Labute approximate surface area is 397 Å². The van der Waals surface area contributed by atoms with Gasteiger partial charge in [0.05, 0.1) is 56.3 Å². The number of ether oxygens (including phenoxy) is 1. The number of sulfone groups is 2. The van der Waals surface area contributed by atoms with Crippen LogP contribution in [0.15, 0.2) is 36.4 Å². The summed E-state index contributed by atoms with van der Waals surface area (Å²) < 4.78 is 239. The number of carbonyl (C=O) groups excluding carboxylic acids is 2. The third kappa shape index (κ3) is 11.1. The number of rotatable bonds is 13. The highest BCUT2D eigenvalue weighted by atomic mass is 32.2. The molecule has 2 saturated heterocycles. The van der Waals surface area contributed by atoms with Crippen molar-refractivity contribution < 1.29 is 91.9 Å². The van der Waals surface area contributed by atoms with Gasteiger partial charge in [-0.15, -0.1) is 13.2 Å². The lowest BCUT2D eigenvalue weighted by molar-refractivity contribution is -0.274. The molecule has 4 bridgehead atoms. The van der Waals surface area contributed by atoms with E-state index in [1.165, 1.54) is 0 Å². The summed E-state index contributed by atoms with van der Waals surface area (Å²) in [4.78, 5) is 25.8. The Morgan fingerprint density at radius 2 is 1.10 bits per heavy atom. The number of nitrogens with zero attached hydrogens (tertiary/aromatic N) is 1. The quantitative estimate of drug-likeness (QED) is 0.164. The molecular formula is C40H49F10N5O11S4. The highest BCUT2D eigenvalue weighted by Crippen LogP contribution is 2.74. The Hall–Kier alpha value is -4.16. The molecule has 2 aliphatic heterocycles. The Bertz CT molecular complexity index is 2820. The van der Waals surface area contributed by atoms with Gasteiger partial charge in [0, 0.05) is 41.1 Å². The van der Waals surface area contributed by atoms with E-state index in [2.05, 4.69) is 20.1 Å². The van der Waals surface area contributed by atoms with Gasteiger partial charge in [-0.05, 0) is 95.5 Å². The molecule has 6 saturated carbocycles. The summed E-state index contributed by atoms with van der Waals surface area (Å²) in [5.41, 5.74) is -7.37. The first-order valence-electron chi connectivity index (χ1n) is 20.9. The molecule has 2 aromatic carbocycles. The lowest BCUT2D eigenvalue weighted by atomic mass is 9.37. The zero-order chi connectivity index (χ0) is 51.5. The van der Waals surface area contributed by atoms with Gasteiger partial charge in [-0.25, -0.2) is 42.8 Å². The molecule has 0 atom stereocenters. The van der Waals surface area contributed by atoms with Crippen molar-refractivity contribution >= 4 is 63.1 Å². The van der Waals surface area contributed by atoms with Crippen LogP contribution in [0, 0.1) is 10.8 Å². The molecule has 0 radical (unpaired) electrons. The van der Waals surface area contributed by atoms with Crippen molar-refractivity contribution in [1.29, 1.82) is 0 Å². The fourth-order valence-corrected chi connectivity index (χ4v) is 15.9. The maximum Gasteiger partial charge on any atom is 0.573 e.